The Morgan fingerprint density at radius 2 is 1.83 bits per heavy atom. The third-order valence-corrected chi connectivity index (χ3v) is 4.77. The number of amides is 1. The summed E-state index contributed by atoms with van der Waals surface area (Å²) in [5.41, 5.74) is 2.65. The van der Waals surface area contributed by atoms with Crippen molar-refractivity contribution >= 4 is 29.2 Å². The molecular formula is C18H22ClNO3. The van der Waals surface area contributed by atoms with Gasteiger partial charge in [0.1, 0.15) is 0 Å². The lowest BCUT2D eigenvalue weighted by Crippen LogP contribution is -2.35. The van der Waals surface area contributed by atoms with E-state index in [1.807, 2.05) is 38.1 Å². The molecule has 1 amide bonds. The molecule has 23 heavy (non-hydrogen) atoms. The highest BCUT2D eigenvalue weighted by Gasteiger charge is 2.34. The quantitative estimate of drug-likeness (QED) is 0.797. The number of rotatable bonds is 5. The zero-order valence-electron chi connectivity index (χ0n) is 13.4. The third-order valence-electron chi connectivity index (χ3n) is 4.41. The fraction of sp³-hybridized carbons (Fsp3) is 0.444. The average molecular weight is 336 g/mol. The highest BCUT2D eigenvalue weighted by molar-refractivity contribution is 6.32. The first-order chi connectivity index (χ1) is 11.0. The van der Waals surface area contributed by atoms with E-state index in [0.717, 1.165) is 23.2 Å². The van der Waals surface area contributed by atoms with Gasteiger partial charge in [-0.2, -0.15) is 0 Å². The van der Waals surface area contributed by atoms with Crippen molar-refractivity contribution in [3.8, 4) is 0 Å². The number of anilines is 1. The van der Waals surface area contributed by atoms with Crippen molar-refractivity contribution in [2.24, 2.45) is 11.8 Å². The number of hydrogen-bond donors (Lipinski definition) is 2. The van der Waals surface area contributed by atoms with Gasteiger partial charge in [-0.3, -0.25) is 9.59 Å². The number of benzene rings is 1. The van der Waals surface area contributed by atoms with Gasteiger partial charge in [-0.25, -0.2) is 0 Å². The van der Waals surface area contributed by atoms with Gasteiger partial charge in [0, 0.05) is 10.7 Å². The van der Waals surface area contributed by atoms with Gasteiger partial charge < -0.3 is 10.4 Å². The first-order valence-corrected chi connectivity index (χ1v) is 8.36. The Morgan fingerprint density at radius 1 is 1.17 bits per heavy atom. The summed E-state index contributed by atoms with van der Waals surface area (Å²) in [6, 6.07) is 3.75. The van der Waals surface area contributed by atoms with E-state index < -0.39 is 17.8 Å². The molecule has 0 aliphatic heterocycles. The molecule has 2 atom stereocenters. The van der Waals surface area contributed by atoms with Crippen LogP contribution in [0.3, 0.4) is 0 Å². The number of carbonyl (C=O) groups excluding carboxylic acids is 1. The van der Waals surface area contributed by atoms with Crippen LogP contribution in [0, 0.1) is 11.8 Å². The van der Waals surface area contributed by atoms with E-state index in [0.29, 0.717) is 24.3 Å². The maximum atomic E-state index is 12.7. The van der Waals surface area contributed by atoms with Crippen LogP contribution in [0.1, 0.15) is 37.8 Å². The number of halogens is 1. The third kappa shape index (κ3) is 3.75. The number of hydrogen-bond acceptors (Lipinski definition) is 2. The van der Waals surface area contributed by atoms with Crippen LogP contribution >= 0.6 is 11.6 Å². The van der Waals surface area contributed by atoms with E-state index in [-0.39, 0.29) is 5.91 Å². The van der Waals surface area contributed by atoms with Crippen molar-refractivity contribution in [2.75, 3.05) is 5.32 Å². The molecule has 1 aliphatic carbocycles. The maximum Gasteiger partial charge on any atom is 0.307 e. The topological polar surface area (TPSA) is 66.4 Å². The molecule has 0 fully saturated rings. The van der Waals surface area contributed by atoms with Crippen molar-refractivity contribution < 1.29 is 14.7 Å². The molecule has 4 nitrogen and oxygen atoms in total. The van der Waals surface area contributed by atoms with Crippen molar-refractivity contribution in [3.05, 3.63) is 40.4 Å². The first kappa shape index (κ1) is 17.5. The molecule has 0 bridgehead atoms. The Kier molecular flexibility index (Phi) is 5.83. The second-order valence-electron chi connectivity index (χ2n) is 5.75. The van der Waals surface area contributed by atoms with E-state index in [2.05, 4.69) is 5.32 Å². The first-order valence-electron chi connectivity index (χ1n) is 7.98. The lowest BCUT2D eigenvalue weighted by molar-refractivity contribution is -0.146. The molecule has 124 valence electrons. The summed E-state index contributed by atoms with van der Waals surface area (Å²) in [6.07, 6.45) is 6.03. The van der Waals surface area contributed by atoms with Crippen LogP contribution in [0.25, 0.3) is 0 Å². The molecule has 1 aromatic rings. The van der Waals surface area contributed by atoms with E-state index in [4.69, 9.17) is 11.6 Å². The molecule has 0 heterocycles. The monoisotopic (exact) mass is 335 g/mol. The number of carbonyl (C=O) groups is 2. The highest BCUT2D eigenvalue weighted by atomic mass is 35.5. The average Bonchev–Trinajstić information content (AvgIpc) is 2.55. The molecule has 0 saturated heterocycles. The molecule has 0 aromatic heterocycles. The summed E-state index contributed by atoms with van der Waals surface area (Å²) in [5.74, 6) is -2.39. The van der Waals surface area contributed by atoms with Gasteiger partial charge >= 0.3 is 5.97 Å². The van der Waals surface area contributed by atoms with E-state index in [1.165, 1.54) is 0 Å². The zero-order chi connectivity index (χ0) is 17.0. The molecule has 0 unspecified atom stereocenters. The molecule has 0 spiro atoms. The Balaban J connectivity index is 2.31. The molecule has 0 saturated carbocycles. The second-order valence-corrected chi connectivity index (χ2v) is 6.16. The summed E-state index contributed by atoms with van der Waals surface area (Å²) in [5, 5.41) is 12.9. The van der Waals surface area contributed by atoms with Crippen LogP contribution in [0.5, 0.6) is 0 Å². The van der Waals surface area contributed by atoms with Gasteiger partial charge in [0.2, 0.25) is 5.91 Å². The van der Waals surface area contributed by atoms with Crippen LogP contribution in [0.2, 0.25) is 5.02 Å². The summed E-state index contributed by atoms with van der Waals surface area (Å²) in [4.78, 5) is 24.1. The molecule has 5 heteroatoms. The fourth-order valence-corrected chi connectivity index (χ4v) is 3.35. The molecule has 2 rings (SSSR count). The van der Waals surface area contributed by atoms with Gasteiger partial charge in [-0.15, -0.1) is 0 Å². The minimum atomic E-state index is -0.924. The SMILES string of the molecule is CCc1ccc(Cl)c(CC)c1NC(=O)[C@@H]1CC=CC[C@H]1C(=O)O. The zero-order valence-corrected chi connectivity index (χ0v) is 14.2. The van der Waals surface area contributed by atoms with Gasteiger partial charge in [0.25, 0.3) is 0 Å². The summed E-state index contributed by atoms with van der Waals surface area (Å²) < 4.78 is 0. The van der Waals surface area contributed by atoms with Crippen molar-refractivity contribution in [1.29, 1.82) is 0 Å². The number of aryl methyl sites for hydroxylation is 1. The van der Waals surface area contributed by atoms with Gasteiger partial charge in [-0.1, -0.05) is 43.7 Å². The predicted molar refractivity (Wildman–Crippen MR) is 91.8 cm³/mol. The van der Waals surface area contributed by atoms with Gasteiger partial charge in [0.15, 0.2) is 0 Å². The van der Waals surface area contributed by atoms with Crippen molar-refractivity contribution in [2.45, 2.75) is 39.5 Å². The van der Waals surface area contributed by atoms with Gasteiger partial charge in [-0.05, 0) is 42.9 Å². The maximum absolute atomic E-state index is 12.7. The minimum Gasteiger partial charge on any atom is -0.481 e. The highest BCUT2D eigenvalue weighted by Crippen LogP contribution is 2.32. The predicted octanol–water partition coefficient (Wildman–Crippen LogP) is 4.07. The Morgan fingerprint density at radius 3 is 2.39 bits per heavy atom. The normalized spacial score (nSPS) is 20.3. The lowest BCUT2D eigenvalue weighted by atomic mass is 9.82. The largest absolute Gasteiger partial charge is 0.481 e. The number of nitrogens with one attached hydrogen (secondary N) is 1. The van der Waals surface area contributed by atoms with Crippen LogP contribution in [0.4, 0.5) is 5.69 Å². The van der Waals surface area contributed by atoms with E-state index in [9.17, 15) is 14.7 Å². The van der Waals surface area contributed by atoms with Gasteiger partial charge in [0.05, 0.1) is 11.8 Å². The van der Waals surface area contributed by atoms with E-state index >= 15 is 0 Å². The Bertz CT molecular complexity index is 639. The van der Waals surface area contributed by atoms with Crippen LogP contribution in [0.15, 0.2) is 24.3 Å². The van der Waals surface area contributed by atoms with E-state index in [1.54, 1.807) is 0 Å². The van der Waals surface area contributed by atoms with Crippen molar-refractivity contribution in [1.82, 2.24) is 0 Å². The smallest absolute Gasteiger partial charge is 0.307 e. The standard InChI is InChI=1S/C18H22ClNO3/c1-3-11-9-10-15(19)12(4-2)16(11)20-17(21)13-7-5-6-8-14(13)18(22)23/h5-6,9-10,13-14H,3-4,7-8H2,1-2H3,(H,20,21)(H,22,23)/t13-,14-/m1/s1. The van der Waals surface area contributed by atoms with Crippen LogP contribution in [-0.4, -0.2) is 17.0 Å². The second kappa shape index (κ2) is 7.64. The van der Waals surface area contributed by atoms with Crippen molar-refractivity contribution in [3.63, 3.8) is 0 Å². The number of aliphatic carboxylic acids is 1. The molecule has 2 N–H and O–H groups in total. The Labute approximate surface area is 141 Å². The molecule has 0 radical (unpaired) electrons. The Hall–Kier alpha value is -1.81. The molecule has 1 aliphatic rings. The number of allylic oxidation sites excluding steroid dienone is 2. The summed E-state index contributed by atoms with van der Waals surface area (Å²) in [6.45, 7) is 4.00. The minimum absolute atomic E-state index is 0.242. The lowest BCUT2D eigenvalue weighted by Gasteiger charge is -2.25. The number of carboxylic acid groups (broad SMARTS) is 1. The summed E-state index contributed by atoms with van der Waals surface area (Å²) in [7, 11) is 0. The number of carboxylic acids is 1. The summed E-state index contributed by atoms with van der Waals surface area (Å²) >= 11 is 6.25. The molecule has 1 aromatic carbocycles. The van der Waals surface area contributed by atoms with Crippen LogP contribution < -0.4 is 5.32 Å². The fourth-order valence-electron chi connectivity index (χ4n) is 3.06. The molecular weight excluding hydrogens is 314 g/mol. The van der Waals surface area contributed by atoms with Crippen LogP contribution in [-0.2, 0) is 22.4 Å².